The summed E-state index contributed by atoms with van der Waals surface area (Å²) in [6, 6.07) is -0.546. The SMILES string of the molecule is CCCCCCCCCC(=O)N[C@@H](CO)C(C)OC(CO)[C@H](C)O. The van der Waals surface area contributed by atoms with Crippen LogP contribution in [0, 0.1) is 0 Å². The molecule has 144 valence electrons. The minimum Gasteiger partial charge on any atom is -0.394 e. The molecule has 0 rings (SSSR count). The first-order chi connectivity index (χ1) is 11.5. The lowest BCUT2D eigenvalue weighted by molar-refractivity contribution is -0.127. The largest absolute Gasteiger partial charge is 0.394 e. The van der Waals surface area contributed by atoms with Crippen LogP contribution in [0.3, 0.4) is 0 Å². The number of nitrogens with one attached hydrogen (secondary N) is 1. The summed E-state index contributed by atoms with van der Waals surface area (Å²) in [6.07, 6.45) is 6.43. The van der Waals surface area contributed by atoms with E-state index in [1.807, 2.05) is 0 Å². The second-order valence-electron chi connectivity index (χ2n) is 6.53. The number of rotatable bonds is 15. The predicted octanol–water partition coefficient (Wildman–Crippen LogP) is 1.75. The summed E-state index contributed by atoms with van der Waals surface area (Å²) in [7, 11) is 0. The smallest absolute Gasteiger partial charge is 0.220 e. The molecule has 2 unspecified atom stereocenters. The van der Waals surface area contributed by atoms with E-state index in [4.69, 9.17) is 9.84 Å². The summed E-state index contributed by atoms with van der Waals surface area (Å²) in [4.78, 5) is 12.0. The molecule has 4 N–H and O–H groups in total. The monoisotopic (exact) mass is 347 g/mol. The molecule has 0 bridgehead atoms. The van der Waals surface area contributed by atoms with Crippen molar-refractivity contribution >= 4 is 5.91 Å². The van der Waals surface area contributed by atoms with Crippen molar-refractivity contribution < 1.29 is 24.9 Å². The first-order valence-corrected chi connectivity index (χ1v) is 9.30. The van der Waals surface area contributed by atoms with Crippen LogP contribution in [0.15, 0.2) is 0 Å². The number of ether oxygens (including phenoxy) is 1. The zero-order chi connectivity index (χ0) is 18.4. The summed E-state index contributed by atoms with van der Waals surface area (Å²) >= 11 is 0. The van der Waals surface area contributed by atoms with Gasteiger partial charge in [0.15, 0.2) is 0 Å². The number of carbonyl (C=O) groups excluding carboxylic acids is 1. The molecule has 1 amide bonds. The van der Waals surface area contributed by atoms with Crippen LogP contribution in [-0.2, 0) is 9.53 Å². The summed E-state index contributed by atoms with van der Waals surface area (Å²) < 4.78 is 5.52. The Kier molecular flexibility index (Phi) is 14.2. The van der Waals surface area contributed by atoms with Gasteiger partial charge in [-0.2, -0.15) is 0 Å². The van der Waals surface area contributed by atoms with Crippen LogP contribution in [0.5, 0.6) is 0 Å². The maximum atomic E-state index is 12.0. The highest BCUT2D eigenvalue weighted by atomic mass is 16.5. The molecule has 0 fully saturated rings. The lowest BCUT2D eigenvalue weighted by Crippen LogP contribution is -2.48. The Morgan fingerprint density at radius 2 is 1.58 bits per heavy atom. The number of hydrogen-bond donors (Lipinski definition) is 4. The molecular weight excluding hydrogens is 310 g/mol. The Morgan fingerprint density at radius 1 is 1.00 bits per heavy atom. The molecule has 0 aromatic heterocycles. The number of aliphatic hydroxyl groups excluding tert-OH is 3. The van der Waals surface area contributed by atoms with Crippen molar-refractivity contribution in [2.24, 2.45) is 0 Å². The van der Waals surface area contributed by atoms with Crippen LogP contribution >= 0.6 is 0 Å². The number of unbranched alkanes of at least 4 members (excludes halogenated alkanes) is 6. The van der Waals surface area contributed by atoms with Gasteiger partial charge in [-0.1, -0.05) is 45.4 Å². The van der Waals surface area contributed by atoms with Gasteiger partial charge in [0.25, 0.3) is 0 Å². The second kappa shape index (κ2) is 14.6. The zero-order valence-corrected chi connectivity index (χ0v) is 15.5. The fourth-order valence-electron chi connectivity index (χ4n) is 2.51. The molecule has 0 aromatic carbocycles. The van der Waals surface area contributed by atoms with Crippen molar-refractivity contribution in [2.75, 3.05) is 13.2 Å². The quantitative estimate of drug-likeness (QED) is 0.338. The normalized spacial score (nSPS) is 16.4. The van der Waals surface area contributed by atoms with Crippen molar-refractivity contribution in [1.29, 1.82) is 0 Å². The fourth-order valence-corrected chi connectivity index (χ4v) is 2.51. The van der Waals surface area contributed by atoms with E-state index < -0.39 is 24.4 Å². The highest BCUT2D eigenvalue weighted by Gasteiger charge is 2.24. The topological polar surface area (TPSA) is 99.0 Å². The molecule has 0 aliphatic rings. The Hall–Kier alpha value is -0.690. The number of aliphatic hydroxyl groups is 3. The minimum absolute atomic E-state index is 0.101. The number of amides is 1. The highest BCUT2D eigenvalue weighted by Crippen LogP contribution is 2.10. The van der Waals surface area contributed by atoms with Gasteiger partial charge >= 0.3 is 0 Å². The van der Waals surface area contributed by atoms with Gasteiger partial charge in [-0.3, -0.25) is 4.79 Å². The van der Waals surface area contributed by atoms with E-state index >= 15 is 0 Å². The molecule has 0 aliphatic carbocycles. The van der Waals surface area contributed by atoms with E-state index in [9.17, 15) is 15.0 Å². The van der Waals surface area contributed by atoms with Crippen LogP contribution in [-0.4, -0.2) is 58.8 Å². The lowest BCUT2D eigenvalue weighted by atomic mass is 10.1. The Bertz CT molecular complexity index is 312. The number of carbonyl (C=O) groups is 1. The first-order valence-electron chi connectivity index (χ1n) is 9.30. The third-order valence-corrected chi connectivity index (χ3v) is 4.22. The predicted molar refractivity (Wildman–Crippen MR) is 94.7 cm³/mol. The first kappa shape index (κ1) is 23.3. The molecule has 0 spiro atoms. The van der Waals surface area contributed by atoms with Crippen LogP contribution in [0.1, 0.15) is 72.1 Å². The molecule has 6 heteroatoms. The van der Waals surface area contributed by atoms with Gasteiger partial charge in [0.05, 0.1) is 31.5 Å². The van der Waals surface area contributed by atoms with E-state index in [-0.39, 0.29) is 19.1 Å². The molecule has 6 nitrogen and oxygen atoms in total. The maximum Gasteiger partial charge on any atom is 0.220 e. The average molecular weight is 347 g/mol. The molecule has 0 radical (unpaired) electrons. The van der Waals surface area contributed by atoms with Crippen LogP contribution < -0.4 is 5.32 Å². The van der Waals surface area contributed by atoms with Crippen LogP contribution in [0.4, 0.5) is 0 Å². The van der Waals surface area contributed by atoms with E-state index in [0.29, 0.717) is 6.42 Å². The summed E-state index contributed by atoms with van der Waals surface area (Å²) in [5.74, 6) is -0.101. The second-order valence-corrected chi connectivity index (χ2v) is 6.53. The van der Waals surface area contributed by atoms with E-state index in [1.165, 1.54) is 32.6 Å². The van der Waals surface area contributed by atoms with Crippen molar-refractivity contribution in [1.82, 2.24) is 5.32 Å². The van der Waals surface area contributed by atoms with Gasteiger partial charge in [-0.05, 0) is 20.3 Å². The molecule has 0 aromatic rings. The Morgan fingerprint density at radius 3 is 2.08 bits per heavy atom. The Labute approximate surface area is 146 Å². The van der Waals surface area contributed by atoms with Crippen molar-refractivity contribution in [2.45, 2.75) is 96.5 Å². The van der Waals surface area contributed by atoms with Gasteiger partial charge in [0, 0.05) is 6.42 Å². The van der Waals surface area contributed by atoms with Gasteiger partial charge in [-0.15, -0.1) is 0 Å². The van der Waals surface area contributed by atoms with Gasteiger partial charge in [0.1, 0.15) is 6.10 Å². The van der Waals surface area contributed by atoms with E-state index in [2.05, 4.69) is 12.2 Å². The molecule has 24 heavy (non-hydrogen) atoms. The van der Waals surface area contributed by atoms with Gasteiger partial charge < -0.3 is 25.4 Å². The van der Waals surface area contributed by atoms with Gasteiger partial charge in [-0.25, -0.2) is 0 Å². The number of hydrogen-bond acceptors (Lipinski definition) is 5. The fraction of sp³-hybridized carbons (Fsp3) is 0.944. The third-order valence-electron chi connectivity index (χ3n) is 4.22. The zero-order valence-electron chi connectivity index (χ0n) is 15.5. The molecule has 0 heterocycles. The standard InChI is InChI=1S/C18H37NO5/c1-4-5-6-7-8-9-10-11-18(23)19-16(12-20)15(3)24-17(13-21)14(2)22/h14-17,20-22H,4-13H2,1-3H3,(H,19,23)/t14-,15?,16-,17?/m0/s1. The molecule has 4 atom stereocenters. The van der Waals surface area contributed by atoms with Crippen molar-refractivity contribution in [3.8, 4) is 0 Å². The molecule has 0 aliphatic heterocycles. The molecule has 0 saturated heterocycles. The highest BCUT2D eigenvalue weighted by molar-refractivity contribution is 5.76. The van der Waals surface area contributed by atoms with Crippen LogP contribution in [0.25, 0.3) is 0 Å². The average Bonchev–Trinajstić information content (AvgIpc) is 2.56. The van der Waals surface area contributed by atoms with Crippen molar-refractivity contribution in [3.63, 3.8) is 0 Å². The Balaban J connectivity index is 4.01. The molecular formula is C18H37NO5. The summed E-state index contributed by atoms with van der Waals surface area (Å²) in [6.45, 7) is 4.87. The van der Waals surface area contributed by atoms with Crippen LogP contribution in [0.2, 0.25) is 0 Å². The van der Waals surface area contributed by atoms with Gasteiger partial charge in [0.2, 0.25) is 5.91 Å². The van der Waals surface area contributed by atoms with Crippen molar-refractivity contribution in [3.05, 3.63) is 0 Å². The van der Waals surface area contributed by atoms with E-state index in [0.717, 1.165) is 19.3 Å². The molecule has 0 saturated carbocycles. The maximum absolute atomic E-state index is 12.0. The summed E-state index contributed by atoms with van der Waals surface area (Å²) in [5, 5.41) is 30.9. The summed E-state index contributed by atoms with van der Waals surface area (Å²) in [5.41, 5.74) is 0. The minimum atomic E-state index is -0.819. The third kappa shape index (κ3) is 11.0. The lowest BCUT2D eigenvalue weighted by Gasteiger charge is -2.28. The van der Waals surface area contributed by atoms with E-state index in [1.54, 1.807) is 6.92 Å².